The second-order valence-electron chi connectivity index (χ2n) is 6.64. The molecule has 172 valence electrons. The molecule has 1 amide bonds. The molecule has 0 aliphatic carbocycles. The minimum absolute atomic E-state index is 0.0602. The molecule has 0 aliphatic rings. The van der Waals surface area contributed by atoms with Crippen LogP contribution in [0, 0.1) is 0 Å². The standard InChI is InChI=1S/C22H13F6NO4/c23-21(24,25)12-6-8-15(17(10-12)22(26,27)28)19(30)29-18-11-14(7-9-16(18)20(31)32)33-13-4-2-1-3-5-13/h1-11H,(H,29,30)(H,31,32). The molecule has 0 atom stereocenters. The minimum Gasteiger partial charge on any atom is -0.478 e. The lowest BCUT2D eigenvalue weighted by Gasteiger charge is -2.17. The first kappa shape index (κ1) is 23.6. The third-order valence-corrected chi connectivity index (χ3v) is 4.35. The molecule has 0 radical (unpaired) electrons. The van der Waals surface area contributed by atoms with Crippen molar-refractivity contribution >= 4 is 17.6 Å². The molecule has 3 rings (SSSR count). The molecule has 11 heteroatoms. The Kier molecular flexibility index (Phi) is 6.34. The van der Waals surface area contributed by atoms with Crippen LogP contribution in [0.25, 0.3) is 0 Å². The van der Waals surface area contributed by atoms with Crippen LogP contribution in [0.2, 0.25) is 0 Å². The molecule has 0 bridgehead atoms. The van der Waals surface area contributed by atoms with Gasteiger partial charge in [-0.15, -0.1) is 0 Å². The summed E-state index contributed by atoms with van der Waals surface area (Å²) < 4.78 is 84.2. The number of anilines is 1. The number of alkyl halides is 6. The average Bonchev–Trinajstić information content (AvgIpc) is 2.72. The summed E-state index contributed by atoms with van der Waals surface area (Å²) in [7, 11) is 0. The van der Waals surface area contributed by atoms with E-state index in [-0.39, 0.29) is 11.8 Å². The largest absolute Gasteiger partial charge is 0.478 e. The summed E-state index contributed by atoms with van der Waals surface area (Å²) in [5.74, 6) is -2.53. The zero-order valence-electron chi connectivity index (χ0n) is 16.3. The topological polar surface area (TPSA) is 75.6 Å². The summed E-state index contributed by atoms with van der Waals surface area (Å²) in [4.78, 5) is 24.1. The van der Waals surface area contributed by atoms with Crippen molar-refractivity contribution in [1.82, 2.24) is 0 Å². The highest BCUT2D eigenvalue weighted by molar-refractivity contribution is 6.08. The van der Waals surface area contributed by atoms with Gasteiger partial charge in [-0.3, -0.25) is 4.79 Å². The van der Waals surface area contributed by atoms with E-state index in [9.17, 15) is 41.0 Å². The van der Waals surface area contributed by atoms with Gasteiger partial charge in [0.1, 0.15) is 11.5 Å². The number of carbonyl (C=O) groups is 2. The predicted octanol–water partition coefficient (Wildman–Crippen LogP) is 6.47. The lowest BCUT2D eigenvalue weighted by Crippen LogP contribution is -2.21. The Hall–Kier alpha value is -4.02. The summed E-state index contributed by atoms with van der Waals surface area (Å²) in [5.41, 5.74) is -5.39. The zero-order valence-corrected chi connectivity index (χ0v) is 16.3. The summed E-state index contributed by atoms with van der Waals surface area (Å²) in [6.07, 6.45) is -10.3. The maximum atomic E-state index is 13.4. The number of hydrogen-bond acceptors (Lipinski definition) is 3. The van der Waals surface area contributed by atoms with Gasteiger partial charge in [0, 0.05) is 6.07 Å². The molecule has 0 fully saturated rings. The third-order valence-electron chi connectivity index (χ3n) is 4.35. The minimum atomic E-state index is -5.28. The molecule has 5 nitrogen and oxygen atoms in total. The fourth-order valence-corrected chi connectivity index (χ4v) is 2.84. The summed E-state index contributed by atoms with van der Waals surface area (Å²) in [6.45, 7) is 0. The molecule has 0 aromatic heterocycles. The molecule has 0 saturated carbocycles. The molecular weight excluding hydrogens is 456 g/mol. The lowest BCUT2D eigenvalue weighted by atomic mass is 10.0. The van der Waals surface area contributed by atoms with Crippen molar-refractivity contribution in [2.24, 2.45) is 0 Å². The molecule has 0 spiro atoms. The average molecular weight is 469 g/mol. The lowest BCUT2D eigenvalue weighted by molar-refractivity contribution is -0.143. The Labute approximate surface area is 182 Å². The SMILES string of the molecule is O=C(O)c1ccc(Oc2ccccc2)cc1NC(=O)c1ccc(C(F)(F)F)cc1C(F)(F)F. The first-order valence-corrected chi connectivity index (χ1v) is 9.06. The number of rotatable bonds is 5. The number of benzene rings is 3. The quantitative estimate of drug-likeness (QED) is 0.420. The van der Waals surface area contributed by atoms with E-state index in [1.54, 1.807) is 30.3 Å². The third kappa shape index (κ3) is 5.62. The van der Waals surface area contributed by atoms with Gasteiger partial charge in [-0.05, 0) is 42.5 Å². The van der Waals surface area contributed by atoms with Gasteiger partial charge in [0.15, 0.2) is 0 Å². The zero-order chi connectivity index (χ0) is 24.4. The molecule has 0 unspecified atom stereocenters. The van der Waals surface area contributed by atoms with E-state index in [4.69, 9.17) is 4.74 Å². The predicted molar refractivity (Wildman–Crippen MR) is 104 cm³/mol. The van der Waals surface area contributed by atoms with Gasteiger partial charge in [-0.1, -0.05) is 18.2 Å². The molecule has 0 heterocycles. The van der Waals surface area contributed by atoms with Gasteiger partial charge in [0.05, 0.1) is 27.9 Å². The first-order chi connectivity index (χ1) is 15.4. The number of carboxylic acid groups (broad SMARTS) is 1. The molecule has 3 aromatic carbocycles. The van der Waals surface area contributed by atoms with E-state index in [1.165, 1.54) is 6.07 Å². The summed E-state index contributed by atoms with van der Waals surface area (Å²) in [5, 5.41) is 11.4. The van der Waals surface area contributed by atoms with E-state index < -0.39 is 52.2 Å². The van der Waals surface area contributed by atoms with Crippen LogP contribution in [-0.4, -0.2) is 17.0 Å². The first-order valence-electron chi connectivity index (χ1n) is 9.06. The molecule has 3 aromatic rings. The van der Waals surface area contributed by atoms with E-state index >= 15 is 0 Å². The number of para-hydroxylation sites is 1. The van der Waals surface area contributed by atoms with Gasteiger partial charge in [-0.2, -0.15) is 26.3 Å². The smallest absolute Gasteiger partial charge is 0.417 e. The van der Waals surface area contributed by atoms with Crippen LogP contribution < -0.4 is 10.1 Å². The summed E-state index contributed by atoms with van der Waals surface area (Å²) >= 11 is 0. The van der Waals surface area contributed by atoms with Crippen LogP contribution in [0.4, 0.5) is 32.0 Å². The van der Waals surface area contributed by atoms with Crippen LogP contribution >= 0.6 is 0 Å². The van der Waals surface area contributed by atoms with Gasteiger partial charge >= 0.3 is 18.3 Å². The molecular formula is C22H13F6NO4. The molecule has 0 saturated heterocycles. The van der Waals surface area contributed by atoms with E-state index in [1.807, 2.05) is 5.32 Å². The van der Waals surface area contributed by atoms with Crippen molar-refractivity contribution in [1.29, 1.82) is 0 Å². The molecule has 2 N–H and O–H groups in total. The van der Waals surface area contributed by atoms with Crippen molar-refractivity contribution in [2.75, 3.05) is 5.32 Å². The summed E-state index contributed by atoms with van der Waals surface area (Å²) in [6, 6.07) is 12.1. The Morgan fingerprint density at radius 1 is 0.758 bits per heavy atom. The Morgan fingerprint density at radius 2 is 1.39 bits per heavy atom. The number of aromatic carboxylic acids is 1. The second kappa shape index (κ2) is 8.85. The number of halogens is 6. The van der Waals surface area contributed by atoms with Crippen molar-refractivity contribution in [3.05, 3.63) is 89.0 Å². The van der Waals surface area contributed by atoms with Crippen molar-refractivity contribution in [3.63, 3.8) is 0 Å². The van der Waals surface area contributed by atoms with Gasteiger partial charge < -0.3 is 15.2 Å². The Balaban J connectivity index is 1.99. The van der Waals surface area contributed by atoms with E-state index in [0.717, 1.165) is 12.1 Å². The highest BCUT2D eigenvalue weighted by Gasteiger charge is 2.39. The van der Waals surface area contributed by atoms with Crippen LogP contribution in [0.5, 0.6) is 11.5 Å². The number of carboxylic acids is 1. The fraction of sp³-hybridized carbons (Fsp3) is 0.0909. The second-order valence-corrected chi connectivity index (χ2v) is 6.64. The normalized spacial score (nSPS) is 11.7. The van der Waals surface area contributed by atoms with Crippen molar-refractivity contribution in [2.45, 2.75) is 12.4 Å². The number of carbonyl (C=O) groups excluding carboxylic acids is 1. The van der Waals surface area contributed by atoms with Crippen LogP contribution in [0.15, 0.2) is 66.7 Å². The number of ether oxygens (including phenoxy) is 1. The van der Waals surface area contributed by atoms with E-state index in [2.05, 4.69) is 0 Å². The highest BCUT2D eigenvalue weighted by atomic mass is 19.4. The number of hydrogen-bond donors (Lipinski definition) is 2. The van der Waals surface area contributed by atoms with E-state index in [0.29, 0.717) is 17.9 Å². The monoisotopic (exact) mass is 469 g/mol. The Bertz CT molecular complexity index is 1190. The van der Waals surface area contributed by atoms with Crippen LogP contribution in [-0.2, 0) is 12.4 Å². The van der Waals surface area contributed by atoms with Crippen LogP contribution in [0.3, 0.4) is 0 Å². The number of nitrogens with one attached hydrogen (secondary N) is 1. The molecule has 0 aliphatic heterocycles. The van der Waals surface area contributed by atoms with Crippen LogP contribution in [0.1, 0.15) is 31.8 Å². The van der Waals surface area contributed by atoms with Gasteiger partial charge in [0.25, 0.3) is 5.91 Å². The van der Waals surface area contributed by atoms with Gasteiger partial charge in [0.2, 0.25) is 0 Å². The maximum absolute atomic E-state index is 13.4. The highest BCUT2D eigenvalue weighted by Crippen LogP contribution is 2.38. The molecule has 33 heavy (non-hydrogen) atoms. The fourth-order valence-electron chi connectivity index (χ4n) is 2.84. The van der Waals surface area contributed by atoms with Crippen molar-refractivity contribution in [3.8, 4) is 11.5 Å². The Morgan fingerprint density at radius 3 is 1.97 bits per heavy atom. The number of amides is 1. The van der Waals surface area contributed by atoms with Gasteiger partial charge in [-0.25, -0.2) is 4.79 Å². The maximum Gasteiger partial charge on any atom is 0.417 e. The van der Waals surface area contributed by atoms with Crippen molar-refractivity contribution < 1.29 is 45.8 Å².